The molecule has 20 heavy (non-hydrogen) atoms. The van der Waals surface area contributed by atoms with E-state index in [1.54, 1.807) is 43.3 Å². The molecule has 0 radical (unpaired) electrons. The molecule has 6 heteroatoms. The monoisotopic (exact) mass is 338 g/mol. The maximum Gasteiger partial charge on any atom is 0.170 e. The summed E-state index contributed by atoms with van der Waals surface area (Å²) in [4.78, 5) is 0. The van der Waals surface area contributed by atoms with Gasteiger partial charge in [-0.3, -0.25) is 0 Å². The summed E-state index contributed by atoms with van der Waals surface area (Å²) in [5, 5.41) is 11.5. The van der Waals surface area contributed by atoms with Crippen LogP contribution in [0.2, 0.25) is 0 Å². The second kappa shape index (κ2) is 5.92. The molecule has 0 atom stereocenters. The Kier molecular flexibility index (Phi) is 4.24. The highest BCUT2D eigenvalue weighted by atomic mass is 79.9. The molecule has 2 rings (SSSR count). The van der Waals surface area contributed by atoms with Crippen molar-refractivity contribution in [3.63, 3.8) is 0 Å². The van der Waals surface area contributed by atoms with Crippen molar-refractivity contribution in [2.75, 3.05) is 0 Å². The molecule has 0 unspecified atom stereocenters. The number of rotatable bonds is 3. The minimum atomic E-state index is -0.403. The van der Waals surface area contributed by atoms with Gasteiger partial charge in [-0.1, -0.05) is 17.3 Å². The Bertz CT molecular complexity index is 674. The Morgan fingerprint density at radius 2 is 2.05 bits per heavy atom. The summed E-state index contributed by atoms with van der Waals surface area (Å²) in [7, 11) is 0. The number of halogens is 2. The van der Waals surface area contributed by atoms with E-state index in [2.05, 4.69) is 21.1 Å². The number of benzene rings is 2. The molecular formula is C14H12BrFN2O2. The number of aryl methyl sites for hydroxylation is 1. The van der Waals surface area contributed by atoms with Crippen molar-refractivity contribution in [1.29, 1.82) is 0 Å². The van der Waals surface area contributed by atoms with E-state index < -0.39 is 5.82 Å². The molecule has 0 fully saturated rings. The molecule has 0 amide bonds. The molecule has 0 heterocycles. The summed E-state index contributed by atoms with van der Waals surface area (Å²) < 4.78 is 20.0. The summed E-state index contributed by atoms with van der Waals surface area (Å²) in [6.45, 7) is 1.67. The van der Waals surface area contributed by atoms with Crippen LogP contribution in [0.4, 0.5) is 4.39 Å². The van der Waals surface area contributed by atoms with Crippen LogP contribution >= 0.6 is 15.9 Å². The van der Waals surface area contributed by atoms with E-state index in [9.17, 15) is 4.39 Å². The topological polar surface area (TPSA) is 67.8 Å². The van der Waals surface area contributed by atoms with Gasteiger partial charge >= 0.3 is 0 Å². The van der Waals surface area contributed by atoms with Crippen LogP contribution < -0.4 is 10.5 Å². The maximum atomic E-state index is 13.9. The molecule has 0 saturated carbocycles. The van der Waals surface area contributed by atoms with Crippen molar-refractivity contribution in [2.24, 2.45) is 10.9 Å². The first-order valence-corrected chi connectivity index (χ1v) is 6.52. The Hall–Kier alpha value is -2.08. The Morgan fingerprint density at radius 1 is 1.30 bits per heavy atom. The quantitative estimate of drug-likeness (QED) is 0.387. The van der Waals surface area contributed by atoms with Crippen LogP contribution in [0.15, 0.2) is 46.0 Å². The van der Waals surface area contributed by atoms with Crippen molar-refractivity contribution in [3.8, 4) is 11.5 Å². The molecule has 3 N–H and O–H groups in total. The van der Waals surface area contributed by atoms with Crippen LogP contribution in [0.3, 0.4) is 0 Å². The van der Waals surface area contributed by atoms with E-state index in [0.717, 1.165) is 0 Å². The molecule has 0 saturated heterocycles. The van der Waals surface area contributed by atoms with Crippen molar-refractivity contribution < 1.29 is 14.3 Å². The molecule has 2 aromatic rings. The molecule has 104 valence electrons. The maximum absolute atomic E-state index is 13.9. The normalized spacial score (nSPS) is 11.4. The zero-order valence-corrected chi connectivity index (χ0v) is 12.2. The van der Waals surface area contributed by atoms with E-state index in [1.807, 2.05) is 0 Å². The lowest BCUT2D eigenvalue weighted by Crippen LogP contribution is -2.12. The van der Waals surface area contributed by atoms with E-state index in [1.165, 1.54) is 0 Å². The van der Waals surface area contributed by atoms with Gasteiger partial charge in [-0.2, -0.15) is 0 Å². The Balaban J connectivity index is 2.33. The van der Waals surface area contributed by atoms with Crippen LogP contribution in [0, 0.1) is 12.7 Å². The lowest BCUT2D eigenvalue weighted by Gasteiger charge is -2.10. The standard InChI is InChI=1S/C14H12BrFN2O2/c1-8-3-2-4-12(13(8)16)20-11-6-5-9(7-10(11)15)14(17)18-19/h2-7,19H,1H3,(H2,17,18). The van der Waals surface area contributed by atoms with E-state index in [4.69, 9.17) is 15.7 Å². The van der Waals surface area contributed by atoms with E-state index in [-0.39, 0.29) is 11.6 Å². The largest absolute Gasteiger partial charge is 0.453 e. The van der Waals surface area contributed by atoms with Crippen LogP contribution in [0.1, 0.15) is 11.1 Å². The average Bonchev–Trinajstić information content (AvgIpc) is 2.45. The summed E-state index contributed by atoms with van der Waals surface area (Å²) in [5.41, 5.74) is 6.52. The van der Waals surface area contributed by atoms with Gasteiger partial charge < -0.3 is 15.7 Å². The zero-order chi connectivity index (χ0) is 14.7. The first-order valence-electron chi connectivity index (χ1n) is 5.73. The van der Waals surface area contributed by atoms with E-state index >= 15 is 0 Å². The van der Waals surface area contributed by atoms with Gasteiger partial charge in [0.1, 0.15) is 5.75 Å². The first-order chi connectivity index (χ1) is 9.52. The molecule has 0 spiro atoms. The van der Waals surface area contributed by atoms with Crippen molar-refractivity contribution in [3.05, 3.63) is 57.8 Å². The van der Waals surface area contributed by atoms with Gasteiger partial charge in [-0.15, -0.1) is 0 Å². The number of hydrogen-bond acceptors (Lipinski definition) is 3. The van der Waals surface area contributed by atoms with E-state index in [0.29, 0.717) is 21.3 Å². The smallest absolute Gasteiger partial charge is 0.170 e. The van der Waals surface area contributed by atoms with Crippen molar-refractivity contribution >= 4 is 21.8 Å². The van der Waals surface area contributed by atoms with Gasteiger partial charge in [0, 0.05) is 5.56 Å². The third kappa shape index (κ3) is 2.91. The molecule has 0 aliphatic carbocycles. The van der Waals surface area contributed by atoms with Crippen LogP contribution in [0.5, 0.6) is 11.5 Å². The number of oxime groups is 1. The molecule has 0 bridgehead atoms. The predicted molar refractivity (Wildman–Crippen MR) is 77.9 cm³/mol. The molecule has 0 aliphatic heterocycles. The first kappa shape index (κ1) is 14.3. The molecular weight excluding hydrogens is 327 g/mol. The summed E-state index contributed by atoms with van der Waals surface area (Å²) in [6, 6.07) is 9.78. The van der Waals surface area contributed by atoms with Gasteiger partial charge in [0.05, 0.1) is 4.47 Å². The highest BCUT2D eigenvalue weighted by Gasteiger charge is 2.10. The second-order valence-electron chi connectivity index (χ2n) is 4.12. The highest BCUT2D eigenvalue weighted by Crippen LogP contribution is 2.32. The SMILES string of the molecule is Cc1cccc(Oc2ccc(/C(N)=N/O)cc2Br)c1F. The number of amidine groups is 1. The minimum absolute atomic E-state index is 0.0148. The van der Waals surface area contributed by atoms with Gasteiger partial charge in [0.25, 0.3) is 0 Å². The van der Waals surface area contributed by atoms with Gasteiger partial charge in [-0.25, -0.2) is 4.39 Å². The number of hydrogen-bond donors (Lipinski definition) is 2. The van der Waals surface area contributed by atoms with Crippen molar-refractivity contribution in [1.82, 2.24) is 0 Å². The third-order valence-corrected chi connectivity index (χ3v) is 3.33. The van der Waals surface area contributed by atoms with Gasteiger partial charge in [0.2, 0.25) is 0 Å². The Labute approximate surface area is 123 Å². The lowest BCUT2D eigenvalue weighted by atomic mass is 10.2. The molecule has 0 aromatic heterocycles. The van der Waals surface area contributed by atoms with Crippen LogP contribution in [-0.2, 0) is 0 Å². The van der Waals surface area contributed by atoms with Crippen LogP contribution in [0.25, 0.3) is 0 Å². The molecule has 0 aliphatic rings. The van der Waals surface area contributed by atoms with Crippen LogP contribution in [-0.4, -0.2) is 11.0 Å². The van der Waals surface area contributed by atoms with Gasteiger partial charge in [-0.05, 0) is 52.7 Å². The molecule has 2 aromatic carbocycles. The molecule has 4 nitrogen and oxygen atoms in total. The lowest BCUT2D eigenvalue weighted by molar-refractivity contribution is 0.318. The number of ether oxygens (including phenoxy) is 1. The summed E-state index contributed by atoms with van der Waals surface area (Å²) in [6.07, 6.45) is 0. The fourth-order valence-corrected chi connectivity index (χ4v) is 2.08. The number of nitrogens with two attached hydrogens (primary N) is 1. The van der Waals surface area contributed by atoms with Crippen molar-refractivity contribution in [2.45, 2.75) is 6.92 Å². The summed E-state index contributed by atoms with van der Waals surface area (Å²) in [5.74, 6) is 0.158. The highest BCUT2D eigenvalue weighted by molar-refractivity contribution is 9.10. The fourth-order valence-electron chi connectivity index (χ4n) is 1.62. The summed E-state index contributed by atoms with van der Waals surface area (Å²) >= 11 is 3.31. The minimum Gasteiger partial charge on any atom is -0.453 e. The van der Waals surface area contributed by atoms with Gasteiger partial charge in [0.15, 0.2) is 17.4 Å². The predicted octanol–water partition coefficient (Wildman–Crippen LogP) is 3.78. The Morgan fingerprint density at radius 3 is 2.70 bits per heavy atom. The third-order valence-electron chi connectivity index (χ3n) is 2.71. The average molecular weight is 339 g/mol. The fraction of sp³-hybridized carbons (Fsp3) is 0.0714. The zero-order valence-electron chi connectivity index (χ0n) is 10.6. The second-order valence-corrected chi connectivity index (χ2v) is 4.97. The number of nitrogens with zero attached hydrogens (tertiary/aromatic N) is 1.